The summed E-state index contributed by atoms with van der Waals surface area (Å²) < 4.78 is 22.4. The molecule has 0 aliphatic carbocycles. The fourth-order valence-electron chi connectivity index (χ4n) is 3.34. The molecule has 0 aliphatic heterocycles. The van der Waals surface area contributed by atoms with E-state index in [-0.39, 0.29) is 5.56 Å². The summed E-state index contributed by atoms with van der Waals surface area (Å²) in [5.41, 5.74) is 2.27. The Morgan fingerprint density at radius 3 is 2.87 bits per heavy atom. The molecule has 0 bridgehead atoms. The van der Waals surface area contributed by atoms with Gasteiger partial charge in [-0.3, -0.25) is 4.79 Å². The van der Waals surface area contributed by atoms with Gasteiger partial charge >= 0.3 is 0 Å². The number of carbonyl (C=O) groups excluding carboxylic acids is 1. The fourth-order valence-corrected chi connectivity index (χ4v) is 3.34. The maximum absolute atomic E-state index is 13.9. The maximum Gasteiger partial charge on any atom is 0.254 e. The van der Waals surface area contributed by atoms with Crippen molar-refractivity contribution in [1.82, 2.24) is 35.1 Å². The zero-order valence-electron chi connectivity index (χ0n) is 16.5. The molecule has 1 atom stereocenters. The number of nitrogens with zero attached hydrogens (tertiary/aromatic N) is 6. The predicted molar refractivity (Wildman–Crippen MR) is 107 cm³/mol. The summed E-state index contributed by atoms with van der Waals surface area (Å²) in [7, 11) is 1.63. The lowest BCUT2D eigenvalue weighted by molar-refractivity contribution is 0.0936. The molecule has 4 rings (SSSR count). The van der Waals surface area contributed by atoms with Crippen molar-refractivity contribution in [2.24, 2.45) is 0 Å². The maximum atomic E-state index is 13.9. The quantitative estimate of drug-likeness (QED) is 0.503. The molecule has 0 saturated carbocycles. The molecule has 10 heteroatoms. The van der Waals surface area contributed by atoms with Crippen molar-refractivity contribution in [3.8, 4) is 5.69 Å². The van der Waals surface area contributed by atoms with Crippen LogP contribution in [0.4, 0.5) is 4.39 Å². The van der Waals surface area contributed by atoms with Crippen LogP contribution in [0, 0.1) is 5.82 Å². The largest absolute Gasteiger partial charge is 0.383 e. The Hall–Kier alpha value is -3.66. The van der Waals surface area contributed by atoms with Crippen LogP contribution in [0.25, 0.3) is 16.7 Å². The first-order valence-corrected chi connectivity index (χ1v) is 9.36. The minimum atomic E-state index is -0.531. The van der Waals surface area contributed by atoms with Gasteiger partial charge in [0.05, 0.1) is 34.9 Å². The summed E-state index contributed by atoms with van der Waals surface area (Å²) in [6, 6.07) is 11.2. The topological polar surface area (TPSA) is 99.8 Å². The first-order chi connectivity index (χ1) is 14.6. The normalized spacial score (nSPS) is 12.2. The number of hydrogen-bond donors (Lipinski definition) is 1. The summed E-state index contributed by atoms with van der Waals surface area (Å²) in [5.74, 6) is -0.309. The first-order valence-electron chi connectivity index (χ1n) is 9.36. The summed E-state index contributed by atoms with van der Waals surface area (Å²) in [4.78, 5) is 17.7. The number of imidazole rings is 1. The molecule has 2 aromatic heterocycles. The van der Waals surface area contributed by atoms with Crippen molar-refractivity contribution < 1.29 is 13.9 Å². The van der Waals surface area contributed by atoms with E-state index in [0.717, 1.165) is 17.1 Å². The molecule has 1 N–H and O–H groups in total. The number of para-hydroxylation sites is 2. The fraction of sp³-hybridized carbons (Fsp3) is 0.250. The summed E-state index contributed by atoms with van der Waals surface area (Å²) in [6.45, 7) is 2.92. The molecule has 0 saturated heterocycles. The number of hydrogen-bond acceptors (Lipinski definition) is 6. The lowest BCUT2D eigenvalue weighted by Crippen LogP contribution is -2.30. The molecule has 9 nitrogen and oxygen atoms in total. The van der Waals surface area contributed by atoms with Gasteiger partial charge in [0.2, 0.25) is 0 Å². The van der Waals surface area contributed by atoms with E-state index in [1.807, 2.05) is 35.8 Å². The van der Waals surface area contributed by atoms with E-state index < -0.39 is 17.8 Å². The Morgan fingerprint density at radius 2 is 2.10 bits per heavy atom. The average Bonchev–Trinajstić information content (AvgIpc) is 3.40. The smallest absolute Gasteiger partial charge is 0.254 e. The van der Waals surface area contributed by atoms with E-state index in [2.05, 4.69) is 25.8 Å². The molecule has 0 fully saturated rings. The molecule has 0 spiro atoms. The standard InChI is InChI=1S/C20H20FN7O2/c1-13(19-24-16-5-3-4-6-18(16)27(19)9-10-30-2)23-20(29)15-11-14(21)7-8-17(15)28-12-22-25-26-28/h3-8,11-13H,9-10H2,1-2H3,(H,23,29). The lowest BCUT2D eigenvalue weighted by atomic mass is 10.1. The van der Waals surface area contributed by atoms with E-state index in [9.17, 15) is 9.18 Å². The number of tetrazole rings is 1. The van der Waals surface area contributed by atoms with Crippen LogP contribution in [-0.4, -0.2) is 49.4 Å². The SMILES string of the molecule is COCCn1c(C(C)NC(=O)c2cc(F)ccc2-n2cnnn2)nc2ccccc21. The van der Waals surface area contributed by atoms with Gasteiger partial charge in [-0.1, -0.05) is 12.1 Å². The Kier molecular flexibility index (Phi) is 5.48. The highest BCUT2D eigenvalue weighted by Gasteiger charge is 2.21. The number of methoxy groups -OCH3 is 1. The molecule has 4 aromatic rings. The van der Waals surface area contributed by atoms with Gasteiger partial charge in [0, 0.05) is 13.7 Å². The molecule has 154 valence electrons. The van der Waals surface area contributed by atoms with Gasteiger partial charge in [0.25, 0.3) is 5.91 Å². The van der Waals surface area contributed by atoms with E-state index in [4.69, 9.17) is 4.74 Å². The number of nitrogens with one attached hydrogen (secondary N) is 1. The number of ether oxygens (including phenoxy) is 1. The highest BCUT2D eigenvalue weighted by atomic mass is 19.1. The van der Waals surface area contributed by atoms with Crippen LogP contribution in [0.5, 0.6) is 0 Å². The molecule has 30 heavy (non-hydrogen) atoms. The van der Waals surface area contributed by atoms with Gasteiger partial charge in [-0.15, -0.1) is 5.10 Å². The summed E-state index contributed by atoms with van der Waals surface area (Å²) >= 11 is 0. The van der Waals surface area contributed by atoms with Crippen molar-refractivity contribution in [2.75, 3.05) is 13.7 Å². The van der Waals surface area contributed by atoms with Crippen LogP contribution in [-0.2, 0) is 11.3 Å². The van der Waals surface area contributed by atoms with Crippen LogP contribution < -0.4 is 5.32 Å². The second kappa shape index (κ2) is 8.37. The molecule has 0 radical (unpaired) electrons. The predicted octanol–water partition coefficient (Wildman–Crippen LogP) is 2.29. The number of halogens is 1. The highest BCUT2D eigenvalue weighted by molar-refractivity contribution is 5.98. The second-order valence-electron chi connectivity index (χ2n) is 6.71. The molecule has 2 heterocycles. The van der Waals surface area contributed by atoms with Crippen molar-refractivity contribution in [1.29, 1.82) is 0 Å². The Balaban J connectivity index is 1.66. The van der Waals surface area contributed by atoms with Crippen LogP contribution in [0.1, 0.15) is 29.1 Å². The number of aromatic nitrogens is 6. The van der Waals surface area contributed by atoms with Gasteiger partial charge in [0.15, 0.2) is 0 Å². The number of rotatable bonds is 7. The van der Waals surface area contributed by atoms with E-state index in [0.29, 0.717) is 24.7 Å². The summed E-state index contributed by atoms with van der Waals surface area (Å²) in [6.07, 6.45) is 1.34. The lowest BCUT2D eigenvalue weighted by Gasteiger charge is -2.17. The number of benzene rings is 2. The van der Waals surface area contributed by atoms with E-state index >= 15 is 0 Å². The average molecular weight is 409 g/mol. The number of amides is 1. The van der Waals surface area contributed by atoms with Crippen LogP contribution >= 0.6 is 0 Å². The van der Waals surface area contributed by atoms with Crippen molar-refractivity contribution >= 4 is 16.9 Å². The molecule has 2 aromatic carbocycles. The van der Waals surface area contributed by atoms with Gasteiger partial charge < -0.3 is 14.6 Å². The first kappa shape index (κ1) is 19.6. The minimum Gasteiger partial charge on any atom is -0.383 e. The van der Waals surface area contributed by atoms with E-state index in [1.54, 1.807) is 7.11 Å². The van der Waals surface area contributed by atoms with E-state index in [1.165, 1.54) is 23.1 Å². The van der Waals surface area contributed by atoms with Crippen molar-refractivity contribution in [3.63, 3.8) is 0 Å². The number of carbonyl (C=O) groups is 1. The highest BCUT2D eigenvalue weighted by Crippen LogP contribution is 2.22. The third-order valence-corrected chi connectivity index (χ3v) is 4.74. The third-order valence-electron chi connectivity index (χ3n) is 4.74. The Bertz CT molecular complexity index is 1170. The summed E-state index contributed by atoms with van der Waals surface area (Å²) in [5, 5.41) is 13.9. The van der Waals surface area contributed by atoms with Gasteiger partial charge in [0.1, 0.15) is 18.0 Å². The molecular weight excluding hydrogens is 389 g/mol. The molecule has 1 amide bonds. The van der Waals surface area contributed by atoms with Crippen LogP contribution in [0.3, 0.4) is 0 Å². The second-order valence-corrected chi connectivity index (χ2v) is 6.71. The number of fused-ring (bicyclic) bond motifs is 1. The molecule has 1 unspecified atom stereocenters. The van der Waals surface area contributed by atoms with Gasteiger partial charge in [-0.2, -0.15) is 4.68 Å². The monoisotopic (exact) mass is 409 g/mol. The molecular formula is C20H20FN7O2. The zero-order chi connectivity index (χ0) is 21.1. The Morgan fingerprint density at radius 1 is 1.27 bits per heavy atom. The van der Waals surface area contributed by atoms with Crippen molar-refractivity contribution in [2.45, 2.75) is 19.5 Å². The van der Waals surface area contributed by atoms with Crippen molar-refractivity contribution in [3.05, 3.63) is 66.0 Å². The Labute approximate surface area is 171 Å². The van der Waals surface area contributed by atoms with Gasteiger partial charge in [-0.25, -0.2) is 9.37 Å². The van der Waals surface area contributed by atoms with Crippen LogP contribution in [0.2, 0.25) is 0 Å². The minimum absolute atomic E-state index is 0.119. The zero-order valence-corrected chi connectivity index (χ0v) is 16.5. The van der Waals surface area contributed by atoms with Crippen LogP contribution in [0.15, 0.2) is 48.8 Å². The third kappa shape index (κ3) is 3.77. The molecule has 0 aliphatic rings. The van der Waals surface area contributed by atoms with Gasteiger partial charge in [-0.05, 0) is 47.7 Å².